The fourth-order valence-electron chi connectivity index (χ4n) is 0.955. The van der Waals surface area contributed by atoms with Crippen molar-refractivity contribution in [2.24, 2.45) is 0 Å². The van der Waals surface area contributed by atoms with E-state index in [2.05, 4.69) is 4.74 Å². The molecule has 0 amide bonds. The van der Waals surface area contributed by atoms with Gasteiger partial charge in [-0.05, 0) is 0 Å². The molecule has 0 saturated heterocycles. The number of aliphatic hydroxyl groups is 5. The molecule has 0 aromatic heterocycles. The lowest BCUT2D eigenvalue weighted by molar-refractivity contribution is -0.137. The Hall–Kier alpha value is -0.240. The molecule has 0 aliphatic carbocycles. The van der Waals surface area contributed by atoms with Gasteiger partial charge in [0, 0.05) is 7.11 Å². The molecule has 0 spiro atoms. The van der Waals surface area contributed by atoms with Gasteiger partial charge in [0.2, 0.25) is 0 Å². The summed E-state index contributed by atoms with van der Waals surface area (Å²) in [7, 11) is 1.22. The molecule has 0 aliphatic heterocycles. The van der Waals surface area contributed by atoms with Gasteiger partial charge in [-0.3, -0.25) is 0 Å². The van der Waals surface area contributed by atoms with Crippen molar-refractivity contribution in [3.05, 3.63) is 0 Å². The van der Waals surface area contributed by atoms with Crippen molar-refractivity contribution in [1.29, 1.82) is 0 Å². The van der Waals surface area contributed by atoms with E-state index < -0.39 is 37.6 Å². The summed E-state index contributed by atoms with van der Waals surface area (Å²) in [6.45, 7) is -1.23. The van der Waals surface area contributed by atoms with Crippen LogP contribution in [0.1, 0.15) is 0 Å². The largest absolute Gasteiger partial charge is 0.394 e. The van der Waals surface area contributed by atoms with Gasteiger partial charge in [0.15, 0.2) is 0 Å². The van der Waals surface area contributed by atoms with Crippen molar-refractivity contribution in [2.75, 3.05) is 20.3 Å². The van der Waals surface area contributed by atoms with E-state index in [4.69, 9.17) is 20.4 Å². The van der Waals surface area contributed by atoms with Gasteiger partial charge in [-0.1, -0.05) is 0 Å². The predicted octanol–water partition coefficient (Wildman–Crippen LogP) is -2.93. The van der Waals surface area contributed by atoms with Crippen LogP contribution in [0.3, 0.4) is 0 Å². The van der Waals surface area contributed by atoms with Gasteiger partial charge in [0.25, 0.3) is 0 Å². The van der Waals surface area contributed by atoms with Crippen LogP contribution in [0.2, 0.25) is 0 Å². The molecule has 80 valence electrons. The Labute approximate surface area is 76.0 Å². The highest BCUT2D eigenvalue weighted by Crippen LogP contribution is 2.08. The zero-order valence-corrected chi connectivity index (χ0v) is 7.37. The van der Waals surface area contributed by atoms with Crippen LogP contribution < -0.4 is 0 Å². The number of methoxy groups -OCH3 is 1. The SMILES string of the molecule is CO[C@@H]([C@H](O)[C@H](O)CO)[C@H](O)CO. The molecule has 0 heterocycles. The standard InChI is InChI=1S/C7H16O6/c1-13-7(5(11)3-9)6(12)4(10)2-8/h4-12H,2-3H2,1H3/t4-,5-,6-,7-/m1/s1. The molecular formula is C7H16O6. The van der Waals surface area contributed by atoms with Gasteiger partial charge < -0.3 is 30.3 Å². The lowest BCUT2D eigenvalue weighted by Gasteiger charge is -2.27. The third-order valence-electron chi connectivity index (χ3n) is 1.76. The van der Waals surface area contributed by atoms with E-state index in [0.717, 1.165) is 0 Å². The van der Waals surface area contributed by atoms with E-state index in [0.29, 0.717) is 0 Å². The van der Waals surface area contributed by atoms with Crippen LogP contribution in [0.25, 0.3) is 0 Å². The second kappa shape index (κ2) is 6.25. The van der Waals surface area contributed by atoms with Crippen molar-refractivity contribution in [2.45, 2.75) is 24.4 Å². The fourth-order valence-corrected chi connectivity index (χ4v) is 0.955. The van der Waals surface area contributed by atoms with E-state index in [1.807, 2.05) is 0 Å². The normalized spacial score (nSPS) is 20.8. The minimum absolute atomic E-state index is 0.590. The average molecular weight is 196 g/mol. The molecule has 6 heteroatoms. The fraction of sp³-hybridized carbons (Fsp3) is 1.00. The topological polar surface area (TPSA) is 110 Å². The maximum Gasteiger partial charge on any atom is 0.114 e. The van der Waals surface area contributed by atoms with Crippen LogP contribution in [0.15, 0.2) is 0 Å². The monoisotopic (exact) mass is 196 g/mol. The molecule has 0 aliphatic rings. The minimum Gasteiger partial charge on any atom is -0.394 e. The molecule has 5 N–H and O–H groups in total. The quantitative estimate of drug-likeness (QED) is 0.311. The molecule has 0 unspecified atom stereocenters. The number of hydrogen-bond donors (Lipinski definition) is 5. The maximum atomic E-state index is 9.27. The summed E-state index contributed by atoms with van der Waals surface area (Å²) in [5.74, 6) is 0. The Morgan fingerprint density at radius 3 is 1.77 bits per heavy atom. The van der Waals surface area contributed by atoms with Gasteiger partial charge in [-0.2, -0.15) is 0 Å². The molecule has 0 fully saturated rings. The summed E-state index contributed by atoms with van der Waals surface area (Å²) in [6, 6.07) is 0. The molecule has 0 aromatic carbocycles. The summed E-state index contributed by atoms with van der Waals surface area (Å²) in [5, 5.41) is 44.4. The minimum atomic E-state index is -1.43. The number of aliphatic hydroxyl groups excluding tert-OH is 5. The van der Waals surface area contributed by atoms with Crippen LogP contribution in [0.5, 0.6) is 0 Å². The van der Waals surface area contributed by atoms with Gasteiger partial charge in [0.1, 0.15) is 24.4 Å². The molecule has 13 heavy (non-hydrogen) atoms. The molecule has 0 rings (SSSR count). The van der Waals surface area contributed by atoms with E-state index in [-0.39, 0.29) is 0 Å². The zero-order valence-electron chi connectivity index (χ0n) is 7.37. The molecule has 6 nitrogen and oxygen atoms in total. The van der Waals surface area contributed by atoms with E-state index >= 15 is 0 Å². The smallest absolute Gasteiger partial charge is 0.114 e. The predicted molar refractivity (Wildman–Crippen MR) is 43.0 cm³/mol. The Morgan fingerprint density at radius 2 is 1.46 bits per heavy atom. The molecule has 4 atom stereocenters. The van der Waals surface area contributed by atoms with Crippen molar-refractivity contribution in [1.82, 2.24) is 0 Å². The summed E-state index contributed by atoms with van der Waals surface area (Å²) in [6.07, 6.45) is -5.24. The third kappa shape index (κ3) is 3.55. The zero-order chi connectivity index (χ0) is 10.4. The number of ether oxygens (including phenoxy) is 1. The second-order valence-electron chi connectivity index (χ2n) is 2.69. The maximum absolute atomic E-state index is 9.27. The number of rotatable bonds is 6. The van der Waals surface area contributed by atoms with Crippen molar-refractivity contribution in [3.63, 3.8) is 0 Å². The first-order valence-electron chi connectivity index (χ1n) is 3.87. The molecule has 0 bridgehead atoms. The van der Waals surface area contributed by atoms with Crippen molar-refractivity contribution >= 4 is 0 Å². The Bertz CT molecular complexity index is 130. The Kier molecular flexibility index (Phi) is 6.13. The van der Waals surface area contributed by atoms with E-state index in [1.54, 1.807) is 0 Å². The molecule has 0 radical (unpaired) electrons. The van der Waals surface area contributed by atoms with Crippen LogP contribution in [0.4, 0.5) is 0 Å². The highest BCUT2D eigenvalue weighted by molar-refractivity contribution is 4.81. The van der Waals surface area contributed by atoms with Gasteiger partial charge >= 0.3 is 0 Å². The Morgan fingerprint density at radius 1 is 1.00 bits per heavy atom. The first kappa shape index (κ1) is 12.8. The van der Waals surface area contributed by atoms with Crippen molar-refractivity contribution in [3.8, 4) is 0 Å². The first-order chi connectivity index (χ1) is 6.08. The van der Waals surface area contributed by atoms with Gasteiger partial charge in [-0.25, -0.2) is 0 Å². The molecule has 0 saturated carbocycles. The van der Waals surface area contributed by atoms with Crippen LogP contribution >= 0.6 is 0 Å². The molecule has 0 aromatic rings. The summed E-state index contributed by atoms with van der Waals surface area (Å²) in [4.78, 5) is 0. The number of hydrogen-bond acceptors (Lipinski definition) is 6. The Balaban J connectivity index is 4.21. The van der Waals surface area contributed by atoms with Crippen LogP contribution in [0, 0.1) is 0 Å². The second-order valence-corrected chi connectivity index (χ2v) is 2.69. The average Bonchev–Trinajstić information content (AvgIpc) is 2.17. The summed E-state index contributed by atoms with van der Waals surface area (Å²) in [5.41, 5.74) is 0. The summed E-state index contributed by atoms with van der Waals surface area (Å²) < 4.78 is 4.66. The van der Waals surface area contributed by atoms with Gasteiger partial charge in [0.05, 0.1) is 13.2 Å². The van der Waals surface area contributed by atoms with Gasteiger partial charge in [-0.15, -0.1) is 0 Å². The van der Waals surface area contributed by atoms with Crippen LogP contribution in [-0.2, 0) is 4.74 Å². The summed E-state index contributed by atoms with van der Waals surface area (Å²) >= 11 is 0. The highest BCUT2D eigenvalue weighted by atomic mass is 16.5. The lowest BCUT2D eigenvalue weighted by atomic mass is 10.0. The van der Waals surface area contributed by atoms with E-state index in [9.17, 15) is 5.11 Å². The lowest BCUT2D eigenvalue weighted by Crippen LogP contribution is -2.48. The van der Waals surface area contributed by atoms with Crippen LogP contribution in [-0.4, -0.2) is 70.3 Å². The highest BCUT2D eigenvalue weighted by Gasteiger charge is 2.31. The van der Waals surface area contributed by atoms with E-state index in [1.165, 1.54) is 7.11 Å². The molecular weight excluding hydrogens is 180 g/mol. The first-order valence-corrected chi connectivity index (χ1v) is 3.87. The van der Waals surface area contributed by atoms with Crippen molar-refractivity contribution < 1.29 is 30.3 Å². The third-order valence-corrected chi connectivity index (χ3v) is 1.76.